The van der Waals surface area contributed by atoms with E-state index in [1.54, 1.807) is 0 Å². The van der Waals surface area contributed by atoms with E-state index in [1.165, 1.54) is 0 Å². The summed E-state index contributed by atoms with van der Waals surface area (Å²) in [6.07, 6.45) is 1.26. The molecule has 1 saturated heterocycles. The molecule has 0 saturated carbocycles. The number of likely N-dealkylation sites (tertiary alicyclic amines) is 1. The van der Waals surface area contributed by atoms with Crippen molar-refractivity contribution in [2.45, 2.75) is 58.3 Å². The zero-order valence-electron chi connectivity index (χ0n) is 12.6. The van der Waals surface area contributed by atoms with Gasteiger partial charge in [-0.1, -0.05) is 0 Å². The fourth-order valence-electron chi connectivity index (χ4n) is 2.34. The van der Waals surface area contributed by atoms with Crippen molar-refractivity contribution in [2.75, 3.05) is 19.7 Å². The van der Waals surface area contributed by atoms with E-state index in [1.807, 2.05) is 20.8 Å². The van der Waals surface area contributed by atoms with Crippen LogP contribution >= 0.6 is 0 Å². The molecule has 112 valence electrons. The zero-order chi connectivity index (χ0) is 14.6. The van der Waals surface area contributed by atoms with Gasteiger partial charge >= 0.3 is 0 Å². The Hall–Kier alpha value is -0.650. The molecule has 0 bridgehead atoms. The Balaban J connectivity index is 2.42. The highest BCUT2D eigenvalue weighted by molar-refractivity contribution is 5.76. The summed E-state index contributed by atoms with van der Waals surface area (Å²) in [5.41, 5.74) is 5.12. The minimum absolute atomic E-state index is 0.0908. The van der Waals surface area contributed by atoms with Gasteiger partial charge in [0, 0.05) is 19.1 Å². The van der Waals surface area contributed by atoms with Gasteiger partial charge in [0.05, 0.1) is 24.2 Å². The fourth-order valence-corrected chi connectivity index (χ4v) is 2.34. The van der Waals surface area contributed by atoms with Crippen LogP contribution in [-0.4, -0.2) is 53.4 Å². The second-order valence-corrected chi connectivity index (χ2v) is 6.56. The molecule has 5 heteroatoms. The topological polar surface area (TPSA) is 75.8 Å². The lowest BCUT2D eigenvalue weighted by Crippen LogP contribution is -2.49. The Morgan fingerprint density at radius 3 is 2.63 bits per heavy atom. The maximum Gasteiger partial charge on any atom is 0.221 e. The van der Waals surface area contributed by atoms with Crippen molar-refractivity contribution < 1.29 is 14.6 Å². The number of primary amides is 1. The Morgan fingerprint density at radius 1 is 1.47 bits per heavy atom. The van der Waals surface area contributed by atoms with Gasteiger partial charge in [0.15, 0.2) is 0 Å². The number of aliphatic hydroxyl groups is 1. The van der Waals surface area contributed by atoms with Crippen molar-refractivity contribution in [2.24, 2.45) is 11.7 Å². The Morgan fingerprint density at radius 2 is 2.11 bits per heavy atom. The molecule has 3 atom stereocenters. The summed E-state index contributed by atoms with van der Waals surface area (Å²) in [5.74, 6) is -0.329. The van der Waals surface area contributed by atoms with Crippen molar-refractivity contribution in [1.29, 1.82) is 0 Å². The van der Waals surface area contributed by atoms with Crippen molar-refractivity contribution in [1.82, 2.24) is 4.90 Å². The number of rotatable bonds is 5. The monoisotopic (exact) mass is 272 g/mol. The molecular formula is C14H28N2O3. The van der Waals surface area contributed by atoms with E-state index in [9.17, 15) is 9.90 Å². The third-order valence-electron chi connectivity index (χ3n) is 3.57. The largest absolute Gasteiger partial charge is 0.389 e. The van der Waals surface area contributed by atoms with Crippen molar-refractivity contribution in [3.63, 3.8) is 0 Å². The summed E-state index contributed by atoms with van der Waals surface area (Å²) in [7, 11) is 0. The summed E-state index contributed by atoms with van der Waals surface area (Å²) in [4.78, 5) is 13.4. The highest BCUT2D eigenvalue weighted by Gasteiger charge is 2.29. The molecule has 0 radical (unpaired) electrons. The van der Waals surface area contributed by atoms with E-state index in [4.69, 9.17) is 10.5 Å². The molecule has 0 aliphatic carbocycles. The number of hydrogen-bond donors (Lipinski definition) is 2. The van der Waals surface area contributed by atoms with Gasteiger partial charge in [0.1, 0.15) is 0 Å². The van der Waals surface area contributed by atoms with Crippen LogP contribution in [0.2, 0.25) is 0 Å². The number of carbonyl (C=O) groups excluding carboxylic acids is 1. The van der Waals surface area contributed by atoms with Crippen molar-refractivity contribution in [3.8, 4) is 0 Å². The molecule has 0 aromatic heterocycles. The van der Waals surface area contributed by atoms with Crippen LogP contribution in [0.3, 0.4) is 0 Å². The fraction of sp³-hybridized carbons (Fsp3) is 0.929. The van der Waals surface area contributed by atoms with Gasteiger partial charge in [-0.3, -0.25) is 9.69 Å². The number of amides is 1. The van der Waals surface area contributed by atoms with E-state index < -0.39 is 6.10 Å². The van der Waals surface area contributed by atoms with Crippen LogP contribution in [0.5, 0.6) is 0 Å². The molecule has 1 rings (SSSR count). The van der Waals surface area contributed by atoms with Crippen LogP contribution in [0.25, 0.3) is 0 Å². The third kappa shape index (κ3) is 5.89. The van der Waals surface area contributed by atoms with Crippen molar-refractivity contribution >= 4 is 5.91 Å². The summed E-state index contributed by atoms with van der Waals surface area (Å²) in [5, 5.41) is 10.0. The van der Waals surface area contributed by atoms with Crippen LogP contribution in [0.1, 0.15) is 40.5 Å². The van der Waals surface area contributed by atoms with Gasteiger partial charge in [0.25, 0.3) is 0 Å². The molecule has 1 heterocycles. The number of aliphatic hydroxyl groups excluding tert-OH is 1. The molecule has 3 N–H and O–H groups in total. The van der Waals surface area contributed by atoms with Gasteiger partial charge in [0.2, 0.25) is 5.91 Å². The van der Waals surface area contributed by atoms with E-state index in [-0.39, 0.29) is 17.4 Å². The van der Waals surface area contributed by atoms with Gasteiger partial charge in [-0.05, 0) is 40.5 Å². The van der Waals surface area contributed by atoms with E-state index in [0.29, 0.717) is 25.7 Å². The second-order valence-electron chi connectivity index (χ2n) is 6.56. The molecule has 3 unspecified atom stereocenters. The third-order valence-corrected chi connectivity index (χ3v) is 3.57. The van der Waals surface area contributed by atoms with Crippen molar-refractivity contribution in [3.05, 3.63) is 0 Å². The molecule has 5 nitrogen and oxygen atoms in total. The second kappa shape index (κ2) is 6.68. The molecule has 0 aromatic rings. The van der Waals surface area contributed by atoms with Crippen LogP contribution in [-0.2, 0) is 9.53 Å². The van der Waals surface area contributed by atoms with Crippen LogP contribution in [0.4, 0.5) is 0 Å². The van der Waals surface area contributed by atoms with E-state index in [0.717, 1.165) is 12.8 Å². The number of ether oxygens (including phenoxy) is 1. The molecule has 1 aliphatic rings. The lowest BCUT2D eigenvalue weighted by molar-refractivity contribution is -0.124. The average Bonchev–Trinajstić information content (AvgIpc) is 2.28. The van der Waals surface area contributed by atoms with Gasteiger partial charge in [-0.25, -0.2) is 0 Å². The summed E-state index contributed by atoms with van der Waals surface area (Å²) < 4.78 is 5.57. The highest BCUT2D eigenvalue weighted by atomic mass is 16.5. The average molecular weight is 272 g/mol. The number of piperidine rings is 1. The van der Waals surface area contributed by atoms with Gasteiger partial charge in [-0.15, -0.1) is 0 Å². The minimum Gasteiger partial charge on any atom is -0.389 e. The highest BCUT2D eigenvalue weighted by Crippen LogP contribution is 2.22. The zero-order valence-corrected chi connectivity index (χ0v) is 12.6. The molecule has 1 aliphatic heterocycles. The summed E-state index contributed by atoms with van der Waals surface area (Å²) in [6, 6.07) is 0.375. The molecule has 0 spiro atoms. The van der Waals surface area contributed by atoms with Crippen LogP contribution in [0, 0.1) is 5.92 Å². The first-order valence-electron chi connectivity index (χ1n) is 7.04. The maximum absolute atomic E-state index is 11.3. The number of hydrogen-bond acceptors (Lipinski definition) is 4. The molecule has 1 fully saturated rings. The number of nitrogens with zero attached hydrogens (tertiary/aromatic N) is 1. The first kappa shape index (κ1) is 16.4. The van der Waals surface area contributed by atoms with Crippen LogP contribution < -0.4 is 5.73 Å². The van der Waals surface area contributed by atoms with Gasteiger partial charge in [-0.2, -0.15) is 0 Å². The lowest BCUT2D eigenvalue weighted by atomic mass is 9.92. The predicted molar refractivity (Wildman–Crippen MR) is 74.7 cm³/mol. The standard InChI is InChI=1S/C14H28N2O3/c1-10-5-6-11(13(15)18)7-16(10)8-12(17)9-19-14(2,3)4/h10-12,17H,5-9H2,1-4H3,(H2,15,18). The molecule has 0 aromatic carbocycles. The SMILES string of the molecule is CC1CCC(C(N)=O)CN1CC(O)COC(C)(C)C. The number of nitrogens with two attached hydrogens (primary N) is 1. The predicted octanol–water partition coefficient (Wildman–Crippen LogP) is 0.748. The first-order valence-corrected chi connectivity index (χ1v) is 7.04. The van der Waals surface area contributed by atoms with Gasteiger partial charge < -0.3 is 15.6 Å². The Labute approximate surface area is 116 Å². The lowest BCUT2D eigenvalue weighted by Gasteiger charge is -2.38. The van der Waals surface area contributed by atoms with Crippen LogP contribution in [0.15, 0.2) is 0 Å². The minimum atomic E-state index is -0.534. The Bertz CT molecular complexity index is 302. The van der Waals surface area contributed by atoms with E-state index in [2.05, 4.69) is 11.8 Å². The number of β-amino-alcohol motifs (C(OH)–C–C–N with tert-alkyl or cyclic N) is 1. The molecule has 1 amide bonds. The summed E-state index contributed by atoms with van der Waals surface area (Å²) >= 11 is 0. The first-order chi connectivity index (χ1) is 8.69. The molecule has 19 heavy (non-hydrogen) atoms. The normalized spacial score (nSPS) is 27.2. The van der Waals surface area contributed by atoms with E-state index >= 15 is 0 Å². The Kier molecular flexibility index (Phi) is 5.77. The summed E-state index contributed by atoms with van der Waals surface area (Å²) in [6.45, 7) is 9.50. The smallest absolute Gasteiger partial charge is 0.221 e. The number of carbonyl (C=O) groups is 1. The molecular weight excluding hydrogens is 244 g/mol. The maximum atomic E-state index is 11.3. The quantitative estimate of drug-likeness (QED) is 0.774.